The summed E-state index contributed by atoms with van der Waals surface area (Å²) in [6.45, 7) is 4.43. The Morgan fingerprint density at radius 1 is 1.29 bits per heavy atom. The number of hydrogen-bond acceptors (Lipinski definition) is 2. The van der Waals surface area contributed by atoms with E-state index < -0.39 is 11.5 Å². The Bertz CT molecular complexity index is 283. The van der Waals surface area contributed by atoms with E-state index in [0.717, 1.165) is 19.3 Å². The molecule has 3 N–H and O–H groups in total. The summed E-state index contributed by atoms with van der Waals surface area (Å²) in [5.74, 6) is -0.322. The van der Waals surface area contributed by atoms with E-state index in [9.17, 15) is 14.7 Å². The van der Waals surface area contributed by atoms with E-state index in [4.69, 9.17) is 0 Å². The van der Waals surface area contributed by atoms with Crippen LogP contribution in [0.15, 0.2) is 0 Å². The topological polar surface area (TPSA) is 78.4 Å². The molecule has 0 spiro atoms. The summed E-state index contributed by atoms with van der Waals surface area (Å²) in [6.07, 6.45) is 3.87. The van der Waals surface area contributed by atoms with Crippen molar-refractivity contribution >= 4 is 12.0 Å². The molecule has 5 nitrogen and oxygen atoms in total. The second-order valence-electron chi connectivity index (χ2n) is 4.72. The van der Waals surface area contributed by atoms with Crippen LogP contribution in [0.4, 0.5) is 4.79 Å². The van der Waals surface area contributed by atoms with Gasteiger partial charge in [-0.1, -0.05) is 13.3 Å². The van der Waals surface area contributed by atoms with E-state index in [1.807, 2.05) is 0 Å². The van der Waals surface area contributed by atoms with Crippen LogP contribution >= 0.6 is 0 Å². The van der Waals surface area contributed by atoms with Crippen LogP contribution in [0.5, 0.6) is 0 Å². The van der Waals surface area contributed by atoms with Crippen molar-refractivity contribution in [2.45, 2.75) is 51.5 Å². The lowest BCUT2D eigenvalue weighted by atomic mass is 9.75. The molecule has 98 valence electrons. The number of carbonyl (C=O) groups excluding carboxylic acids is 1. The molecule has 0 heterocycles. The van der Waals surface area contributed by atoms with Crippen molar-refractivity contribution < 1.29 is 14.7 Å². The number of aliphatic carboxylic acids is 1. The Balaban J connectivity index is 2.65. The second-order valence-corrected chi connectivity index (χ2v) is 4.72. The summed E-state index contributed by atoms with van der Waals surface area (Å²) < 4.78 is 0. The van der Waals surface area contributed by atoms with Crippen molar-refractivity contribution in [1.82, 2.24) is 10.6 Å². The van der Waals surface area contributed by atoms with E-state index in [1.165, 1.54) is 0 Å². The molecule has 1 rings (SSSR count). The molecule has 1 fully saturated rings. The molecule has 17 heavy (non-hydrogen) atoms. The smallest absolute Gasteiger partial charge is 0.329 e. The van der Waals surface area contributed by atoms with Gasteiger partial charge in [-0.05, 0) is 38.5 Å². The van der Waals surface area contributed by atoms with Crippen LogP contribution in [-0.4, -0.2) is 29.2 Å². The predicted molar refractivity (Wildman–Crippen MR) is 64.8 cm³/mol. The maximum atomic E-state index is 11.5. The molecule has 0 aromatic rings. The van der Waals surface area contributed by atoms with Crippen LogP contribution in [0.25, 0.3) is 0 Å². The minimum absolute atomic E-state index is 0.384. The third-order valence-corrected chi connectivity index (χ3v) is 3.64. The molecular formula is C12H22N2O3. The van der Waals surface area contributed by atoms with Crippen molar-refractivity contribution in [2.24, 2.45) is 5.92 Å². The van der Waals surface area contributed by atoms with E-state index in [-0.39, 0.29) is 6.03 Å². The summed E-state index contributed by atoms with van der Waals surface area (Å²) >= 11 is 0. The normalized spacial score (nSPS) is 28.5. The van der Waals surface area contributed by atoms with Gasteiger partial charge in [-0.3, -0.25) is 0 Å². The Kier molecular flexibility index (Phi) is 4.78. The van der Waals surface area contributed by atoms with Gasteiger partial charge in [-0.15, -0.1) is 0 Å². The van der Waals surface area contributed by atoms with Crippen molar-refractivity contribution in [3.63, 3.8) is 0 Å². The molecule has 0 aliphatic heterocycles. The van der Waals surface area contributed by atoms with Crippen LogP contribution in [0.2, 0.25) is 0 Å². The highest BCUT2D eigenvalue weighted by Crippen LogP contribution is 2.33. The van der Waals surface area contributed by atoms with E-state index in [2.05, 4.69) is 17.6 Å². The van der Waals surface area contributed by atoms with E-state index in [1.54, 1.807) is 6.92 Å². The first kappa shape index (κ1) is 13.8. The molecule has 1 aliphatic rings. The number of nitrogens with one attached hydrogen (secondary N) is 2. The maximum absolute atomic E-state index is 11.5. The molecule has 0 unspecified atom stereocenters. The first-order chi connectivity index (χ1) is 8.04. The number of urea groups is 1. The Hall–Kier alpha value is -1.26. The fourth-order valence-electron chi connectivity index (χ4n) is 2.39. The van der Waals surface area contributed by atoms with Gasteiger partial charge < -0.3 is 15.7 Å². The SMILES string of the molecule is CCNC(=O)NC1(C(=O)O)CCC(CC)CC1. The van der Waals surface area contributed by atoms with Crippen molar-refractivity contribution in [3.8, 4) is 0 Å². The lowest BCUT2D eigenvalue weighted by Gasteiger charge is -2.37. The number of carboxylic acid groups (broad SMARTS) is 1. The highest BCUT2D eigenvalue weighted by molar-refractivity contribution is 5.86. The average Bonchev–Trinajstić information content (AvgIpc) is 2.30. The summed E-state index contributed by atoms with van der Waals surface area (Å²) in [5, 5.41) is 14.5. The summed E-state index contributed by atoms with van der Waals surface area (Å²) in [4.78, 5) is 22.9. The standard InChI is InChI=1S/C12H22N2O3/c1-3-9-5-7-12(8-6-9,10(15)16)14-11(17)13-4-2/h9H,3-8H2,1-2H3,(H,15,16)(H2,13,14,17). The highest BCUT2D eigenvalue weighted by Gasteiger charge is 2.42. The van der Waals surface area contributed by atoms with Gasteiger partial charge in [0.05, 0.1) is 0 Å². The van der Waals surface area contributed by atoms with Crippen LogP contribution in [0.1, 0.15) is 46.0 Å². The second kappa shape index (κ2) is 5.89. The Morgan fingerprint density at radius 2 is 1.88 bits per heavy atom. The summed E-state index contributed by atoms with van der Waals surface area (Å²) in [7, 11) is 0. The largest absolute Gasteiger partial charge is 0.480 e. The van der Waals surface area contributed by atoms with E-state index >= 15 is 0 Å². The molecule has 5 heteroatoms. The van der Waals surface area contributed by atoms with Gasteiger partial charge in [-0.2, -0.15) is 0 Å². The highest BCUT2D eigenvalue weighted by atomic mass is 16.4. The molecule has 0 radical (unpaired) electrons. The van der Waals surface area contributed by atoms with Crippen LogP contribution < -0.4 is 10.6 Å². The molecule has 0 aromatic heterocycles. The number of carbonyl (C=O) groups is 2. The molecule has 2 amide bonds. The third kappa shape index (κ3) is 3.35. The van der Waals surface area contributed by atoms with Crippen LogP contribution in [-0.2, 0) is 4.79 Å². The predicted octanol–water partition coefficient (Wildman–Crippen LogP) is 1.73. The minimum atomic E-state index is -1.06. The molecule has 0 atom stereocenters. The molecule has 1 aliphatic carbocycles. The molecule has 0 aromatic carbocycles. The van der Waals surface area contributed by atoms with Gasteiger partial charge in [0, 0.05) is 6.54 Å². The van der Waals surface area contributed by atoms with Gasteiger partial charge in [0.15, 0.2) is 0 Å². The lowest BCUT2D eigenvalue weighted by molar-refractivity contribution is -0.146. The van der Waals surface area contributed by atoms with Crippen molar-refractivity contribution in [3.05, 3.63) is 0 Å². The number of amides is 2. The van der Waals surface area contributed by atoms with E-state index in [0.29, 0.717) is 25.3 Å². The Labute approximate surface area is 102 Å². The van der Waals surface area contributed by atoms with Gasteiger partial charge in [0.2, 0.25) is 0 Å². The van der Waals surface area contributed by atoms with Crippen LogP contribution in [0, 0.1) is 5.92 Å². The zero-order valence-corrected chi connectivity index (χ0v) is 10.6. The lowest BCUT2D eigenvalue weighted by Crippen LogP contribution is -2.58. The average molecular weight is 242 g/mol. The first-order valence-electron chi connectivity index (χ1n) is 6.33. The zero-order valence-electron chi connectivity index (χ0n) is 10.6. The molecule has 0 saturated heterocycles. The number of carboxylic acids is 1. The summed E-state index contributed by atoms with van der Waals surface area (Å²) in [6, 6.07) is -0.384. The Morgan fingerprint density at radius 3 is 2.29 bits per heavy atom. The maximum Gasteiger partial charge on any atom is 0.329 e. The van der Waals surface area contributed by atoms with Crippen LogP contribution in [0.3, 0.4) is 0 Å². The van der Waals surface area contributed by atoms with Gasteiger partial charge in [-0.25, -0.2) is 9.59 Å². The third-order valence-electron chi connectivity index (χ3n) is 3.64. The van der Waals surface area contributed by atoms with Crippen molar-refractivity contribution in [2.75, 3.05) is 6.54 Å². The summed E-state index contributed by atoms with van der Waals surface area (Å²) in [5.41, 5.74) is -1.06. The fourth-order valence-corrected chi connectivity index (χ4v) is 2.39. The molecule has 0 bridgehead atoms. The molecule has 1 saturated carbocycles. The quantitative estimate of drug-likeness (QED) is 0.702. The molecular weight excluding hydrogens is 220 g/mol. The fraction of sp³-hybridized carbons (Fsp3) is 0.833. The zero-order chi connectivity index (χ0) is 12.9. The number of rotatable bonds is 4. The number of hydrogen-bond donors (Lipinski definition) is 3. The monoisotopic (exact) mass is 242 g/mol. The van der Waals surface area contributed by atoms with Crippen molar-refractivity contribution in [1.29, 1.82) is 0 Å². The minimum Gasteiger partial charge on any atom is -0.480 e. The van der Waals surface area contributed by atoms with Gasteiger partial charge >= 0.3 is 12.0 Å². The van der Waals surface area contributed by atoms with Gasteiger partial charge in [0.1, 0.15) is 5.54 Å². The van der Waals surface area contributed by atoms with Gasteiger partial charge in [0.25, 0.3) is 0 Å². The first-order valence-corrected chi connectivity index (χ1v) is 6.33.